The van der Waals surface area contributed by atoms with E-state index in [0.717, 1.165) is 0 Å². The van der Waals surface area contributed by atoms with Gasteiger partial charge in [0.2, 0.25) is 15.9 Å². The van der Waals surface area contributed by atoms with E-state index in [2.05, 4.69) is 0 Å². The van der Waals surface area contributed by atoms with Crippen molar-refractivity contribution in [3.63, 3.8) is 0 Å². The van der Waals surface area contributed by atoms with Gasteiger partial charge >= 0.3 is 5.97 Å². The van der Waals surface area contributed by atoms with E-state index in [0.29, 0.717) is 28.6 Å². The minimum Gasteiger partial charge on any atom is -0.426 e. The number of amides is 1. The van der Waals surface area contributed by atoms with Gasteiger partial charge in [0.15, 0.2) is 9.84 Å². The second kappa shape index (κ2) is 9.61. The Kier molecular flexibility index (Phi) is 7.42. The van der Waals surface area contributed by atoms with Crippen molar-refractivity contribution in [3.05, 3.63) is 50.0 Å². The number of nitrogens with two attached hydrogens (primary N) is 1. The van der Waals surface area contributed by atoms with Crippen molar-refractivity contribution in [2.24, 2.45) is 5.14 Å². The Labute approximate surface area is 198 Å². The molecule has 0 radical (unpaired) electrons. The second-order valence-electron chi connectivity index (χ2n) is 7.83. The first-order valence-corrected chi connectivity index (χ1v) is 14.2. The molecule has 33 heavy (non-hydrogen) atoms. The first-order chi connectivity index (χ1) is 15.4. The molecule has 180 valence electrons. The zero-order valence-electron chi connectivity index (χ0n) is 18.5. The third kappa shape index (κ3) is 5.34. The van der Waals surface area contributed by atoms with Crippen LogP contribution in [-0.4, -0.2) is 51.4 Å². The monoisotopic (exact) mass is 514 g/mol. The predicted octanol–water partition coefficient (Wildman–Crippen LogP) is 2.06. The Morgan fingerprint density at radius 1 is 1.27 bits per heavy atom. The van der Waals surface area contributed by atoms with E-state index in [1.54, 1.807) is 38.1 Å². The molecule has 12 heteroatoms. The third-order valence-corrected chi connectivity index (χ3v) is 10.9. The predicted molar refractivity (Wildman–Crippen MR) is 126 cm³/mol. The third-order valence-electron chi connectivity index (χ3n) is 5.51. The van der Waals surface area contributed by atoms with Crippen molar-refractivity contribution in [3.8, 4) is 5.75 Å². The summed E-state index contributed by atoms with van der Waals surface area (Å²) in [5.41, 5.74) is 1.18. The van der Waals surface area contributed by atoms with Crippen LogP contribution in [0.4, 0.5) is 0 Å². The molecule has 2 aliphatic rings. The van der Waals surface area contributed by atoms with Crippen molar-refractivity contribution in [2.45, 2.75) is 51.3 Å². The first kappa shape index (κ1) is 25.5. The van der Waals surface area contributed by atoms with Crippen LogP contribution in [0.15, 0.2) is 44.4 Å². The maximum atomic E-state index is 13.2. The molecule has 0 saturated heterocycles. The summed E-state index contributed by atoms with van der Waals surface area (Å²) in [4.78, 5) is 26.0. The van der Waals surface area contributed by atoms with Crippen LogP contribution in [0, 0.1) is 0 Å². The molecule has 0 aliphatic carbocycles. The fourth-order valence-corrected chi connectivity index (χ4v) is 8.36. The van der Waals surface area contributed by atoms with Gasteiger partial charge in [0.05, 0.1) is 11.3 Å². The topological polar surface area (TPSA) is 141 Å². The Hall–Kier alpha value is -2.15. The van der Waals surface area contributed by atoms with Gasteiger partial charge in [0.25, 0.3) is 0 Å². The van der Waals surface area contributed by atoms with E-state index in [1.165, 1.54) is 17.9 Å². The average Bonchev–Trinajstić information content (AvgIpc) is 2.95. The molecule has 2 atom stereocenters. The van der Waals surface area contributed by atoms with Gasteiger partial charge in [-0.3, -0.25) is 9.59 Å². The van der Waals surface area contributed by atoms with E-state index in [4.69, 9.17) is 9.88 Å². The number of nitrogens with zero attached hydrogens (tertiary/aromatic N) is 1. The summed E-state index contributed by atoms with van der Waals surface area (Å²) in [7, 11) is -7.86. The summed E-state index contributed by atoms with van der Waals surface area (Å²) in [5.74, 6) is -0.395. The number of aryl methyl sites for hydroxylation is 1. The number of hydrogen-bond acceptors (Lipinski definition) is 8. The van der Waals surface area contributed by atoms with Gasteiger partial charge in [-0.2, -0.15) is 0 Å². The fraction of sp³-hybridized carbons (Fsp3) is 0.429. The van der Waals surface area contributed by atoms with E-state index >= 15 is 0 Å². The van der Waals surface area contributed by atoms with Gasteiger partial charge < -0.3 is 9.64 Å². The van der Waals surface area contributed by atoms with Crippen LogP contribution < -0.4 is 9.88 Å². The van der Waals surface area contributed by atoms with Crippen LogP contribution in [0.2, 0.25) is 0 Å². The van der Waals surface area contributed by atoms with E-state index in [9.17, 15) is 26.4 Å². The van der Waals surface area contributed by atoms with Crippen LogP contribution in [0.25, 0.3) is 0 Å². The number of primary sulfonamides is 1. The highest BCUT2D eigenvalue weighted by Crippen LogP contribution is 2.48. The Bertz CT molecular complexity index is 1250. The van der Waals surface area contributed by atoms with Crippen molar-refractivity contribution in [2.75, 3.05) is 6.54 Å². The zero-order valence-corrected chi connectivity index (χ0v) is 20.9. The van der Waals surface area contributed by atoms with Crippen molar-refractivity contribution in [1.82, 2.24) is 4.90 Å². The lowest BCUT2D eigenvalue weighted by molar-refractivity contribution is -0.132. The highest BCUT2D eigenvalue weighted by Gasteiger charge is 2.45. The number of thioether (sulfide) groups is 1. The van der Waals surface area contributed by atoms with Crippen LogP contribution in [0.3, 0.4) is 0 Å². The van der Waals surface area contributed by atoms with Gasteiger partial charge in [-0.1, -0.05) is 30.0 Å². The largest absolute Gasteiger partial charge is 0.426 e. The molecule has 1 aromatic carbocycles. The number of sulfone groups is 1. The molecule has 2 aliphatic heterocycles. The number of benzene rings is 1. The molecular formula is C21H26N2O7S3. The number of likely N-dealkylation sites (N-methyl/N-ethyl adjacent to an activating group) is 1. The molecule has 0 fully saturated rings. The van der Waals surface area contributed by atoms with Crippen molar-refractivity contribution < 1.29 is 31.2 Å². The lowest BCUT2D eigenvalue weighted by Crippen LogP contribution is -2.41. The minimum atomic E-state index is -4.17. The number of esters is 1. The number of carbonyl (C=O) groups is 2. The molecule has 0 bridgehead atoms. The normalized spacial score (nSPS) is 21.9. The fourth-order valence-electron chi connectivity index (χ4n) is 3.90. The molecule has 1 aromatic rings. The summed E-state index contributed by atoms with van der Waals surface area (Å²) < 4.78 is 54.5. The Morgan fingerprint density at radius 2 is 1.94 bits per heavy atom. The standard InChI is InChI=1S/C21H26N2O7S3/c1-4-23(19(25)10-9-15-7-5-6-8-18(15)30-14(3)24)17-12-20(33(22,28)29)31-21-16(17)11-13(2)32(21,26)27/h5-8,12-13,17H,4,9-11H2,1-3H3,(H2,22,28,29)/t13-,17-/m0/s1. The van der Waals surface area contributed by atoms with Gasteiger partial charge in [-0.25, -0.2) is 22.0 Å². The van der Waals surface area contributed by atoms with Gasteiger partial charge in [0.1, 0.15) is 14.2 Å². The second-order valence-corrected chi connectivity index (χ2v) is 13.2. The lowest BCUT2D eigenvalue weighted by atomic mass is 10.0. The smallest absolute Gasteiger partial charge is 0.308 e. The Balaban J connectivity index is 1.90. The van der Waals surface area contributed by atoms with Crippen LogP contribution in [0.1, 0.15) is 39.2 Å². The zero-order chi connectivity index (χ0) is 24.6. The van der Waals surface area contributed by atoms with Gasteiger partial charge in [-0.05, 0) is 50.0 Å². The van der Waals surface area contributed by atoms with E-state index in [-0.39, 0.29) is 40.2 Å². The van der Waals surface area contributed by atoms with Crippen molar-refractivity contribution in [1.29, 1.82) is 0 Å². The number of carbonyl (C=O) groups excluding carboxylic acids is 2. The summed E-state index contributed by atoms with van der Waals surface area (Å²) in [6, 6.07) is 6.06. The molecule has 0 aromatic heterocycles. The van der Waals surface area contributed by atoms with Crippen LogP contribution in [-0.2, 0) is 35.9 Å². The van der Waals surface area contributed by atoms with E-state index in [1.807, 2.05) is 0 Å². The molecule has 0 spiro atoms. The molecule has 1 amide bonds. The highest BCUT2D eigenvalue weighted by atomic mass is 32.3. The van der Waals surface area contributed by atoms with Crippen LogP contribution in [0.5, 0.6) is 5.75 Å². The first-order valence-electron chi connectivity index (χ1n) is 10.3. The SMILES string of the molecule is CCN(C(=O)CCc1ccccc1OC(C)=O)[C@H]1C=C(S(N)(=O)=O)SC2=C1C[C@H](C)S2(=O)=O. The molecular weight excluding hydrogens is 488 g/mol. The molecule has 0 saturated carbocycles. The summed E-state index contributed by atoms with van der Waals surface area (Å²) in [6.07, 6.45) is 1.91. The summed E-state index contributed by atoms with van der Waals surface area (Å²) in [5, 5.41) is 4.60. The minimum absolute atomic E-state index is 0.0296. The maximum absolute atomic E-state index is 13.2. The molecule has 2 heterocycles. The molecule has 0 unspecified atom stereocenters. The van der Waals surface area contributed by atoms with Crippen LogP contribution >= 0.6 is 11.8 Å². The summed E-state index contributed by atoms with van der Waals surface area (Å²) >= 11 is 0.634. The highest BCUT2D eigenvalue weighted by molar-refractivity contribution is 8.27. The van der Waals surface area contributed by atoms with Gasteiger partial charge in [0, 0.05) is 19.9 Å². The number of rotatable bonds is 7. The maximum Gasteiger partial charge on any atom is 0.308 e. The van der Waals surface area contributed by atoms with Gasteiger partial charge in [-0.15, -0.1) is 0 Å². The number of sulfonamides is 1. The van der Waals surface area contributed by atoms with E-state index < -0.39 is 37.1 Å². The molecule has 3 rings (SSSR count). The number of para-hydroxylation sites is 1. The average molecular weight is 515 g/mol. The number of ether oxygens (including phenoxy) is 1. The summed E-state index contributed by atoms with van der Waals surface area (Å²) in [6.45, 7) is 4.83. The quantitative estimate of drug-likeness (QED) is 0.431. The number of hydrogen-bond donors (Lipinski definition) is 1. The molecule has 2 N–H and O–H groups in total. The molecule has 9 nitrogen and oxygen atoms in total. The lowest BCUT2D eigenvalue weighted by Gasteiger charge is -2.33. The van der Waals surface area contributed by atoms with Crippen molar-refractivity contribution >= 4 is 43.5 Å². The Morgan fingerprint density at radius 3 is 2.55 bits per heavy atom.